The fourth-order valence-electron chi connectivity index (χ4n) is 1.39. The van der Waals surface area contributed by atoms with Crippen LogP contribution in [0.4, 0.5) is 5.69 Å². The fourth-order valence-corrected chi connectivity index (χ4v) is 1.39. The van der Waals surface area contributed by atoms with E-state index in [0.717, 1.165) is 5.69 Å². The van der Waals surface area contributed by atoms with Gasteiger partial charge in [-0.25, -0.2) is 9.97 Å². The second kappa shape index (κ2) is 4.12. The number of anilines is 1. The van der Waals surface area contributed by atoms with Crippen LogP contribution in [0.15, 0.2) is 18.7 Å². The van der Waals surface area contributed by atoms with E-state index >= 15 is 0 Å². The molecule has 82 valence electrons. The van der Waals surface area contributed by atoms with Gasteiger partial charge >= 0.3 is 0 Å². The summed E-state index contributed by atoms with van der Waals surface area (Å²) in [6.07, 6.45) is 4.96. The Morgan fingerprint density at radius 3 is 2.47 bits per heavy atom. The molecule has 0 aromatic carbocycles. The molecule has 0 radical (unpaired) electrons. The van der Waals surface area contributed by atoms with E-state index in [1.807, 2.05) is 13.8 Å². The molecule has 0 unspecified atom stereocenters. The molecule has 2 heterocycles. The highest BCUT2D eigenvalue weighted by Crippen LogP contribution is 2.18. The summed E-state index contributed by atoms with van der Waals surface area (Å²) in [6, 6.07) is 0.157. The number of hydrogen-bond acceptors (Lipinski definition) is 5. The highest BCUT2D eigenvalue weighted by atomic mass is 16.7. The van der Waals surface area contributed by atoms with Crippen LogP contribution in [0.25, 0.3) is 0 Å². The fraction of sp³-hybridized carbons (Fsp3) is 0.600. The van der Waals surface area contributed by atoms with E-state index in [-0.39, 0.29) is 6.04 Å². The Morgan fingerprint density at radius 1 is 1.27 bits per heavy atom. The number of nitrogens with one attached hydrogen (secondary N) is 1. The first-order valence-electron chi connectivity index (χ1n) is 4.95. The maximum atomic E-state index is 5.52. The van der Waals surface area contributed by atoms with Crippen molar-refractivity contribution in [3.63, 3.8) is 0 Å². The Labute approximate surface area is 88.8 Å². The SMILES string of the molecule is CC1(C)OCC(Nc2cncnc2)CO1. The molecule has 0 spiro atoms. The highest BCUT2D eigenvalue weighted by molar-refractivity contribution is 5.38. The molecule has 1 aromatic heterocycles. The molecule has 5 heteroatoms. The van der Waals surface area contributed by atoms with Crippen LogP contribution in [-0.4, -0.2) is 35.0 Å². The minimum atomic E-state index is -0.467. The molecule has 2 rings (SSSR count). The van der Waals surface area contributed by atoms with Crippen LogP contribution in [0.2, 0.25) is 0 Å². The van der Waals surface area contributed by atoms with Crippen molar-refractivity contribution in [1.82, 2.24) is 9.97 Å². The monoisotopic (exact) mass is 209 g/mol. The van der Waals surface area contributed by atoms with Crippen LogP contribution in [0.5, 0.6) is 0 Å². The third-order valence-corrected chi connectivity index (χ3v) is 2.20. The zero-order chi connectivity index (χ0) is 10.7. The Kier molecular flexibility index (Phi) is 2.83. The Balaban J connectivity index is 1.88. The lowest BCUT2D eigenvalue weighted by Gasteiger charge is -2.35. The van der Waals surface area contributed by atoms with Gasteiger partial charge in [-0.2, -0.15) is 0 Å². The molecule has 0 atom stereocenters. The Bertz CT molecular complexity index is 306. The average Bonchev–Trinajstić information content (AvgIpc) is 2.23. The van der Waals surface area contributed by atoms with Gasteiger partial charge in [0.2, 0.25) is 0 Å². The first-order chi connectivity index (χ1) is 7.16. The van der Waals surface area contributed by atoms with Crippen LogP contribution in [-0.2, 0) is 9.47 Å². The zero-order valence-corrected chi connectivity index (χ0v) is 8.93. The molecule has 0 bridgehead atoms. The molecule has 1 aliphatic heterocycles. The van der Waals surface area contributed by atoms with E-state index in [4.69, 9.17) is 9.47 Å². The van der Waals surface area contributed by atoms with Gasteiger partial charge in [-0.15, -0.1) is 0 Å². The number of aromatic nitrogens is 2. The summed E-state index contributed by atoms with van der Waals surface area (Å²) in [5.74, 6) is -0.467. The van der Waals surface area contributed by atoms with Gasteiger partial charge in [-0.1, -0.05) is 0 Å². The topological polar surface area (TPSA) is 56.3 Å². The quantitative estimate of drug-likeness (QED) is 0.788. The maximum absolute atomic E-state index is 5.52. The summed E-state index contributed by atoms with van der Waals surface area (Å²) >= 11 is 0. The molecule has 15 heavy (non-hydrogen) atoms. The minimum Gasteiger partial charge on any atom is -0.375 e. The standard InChI is InChI=1S/C10H15N3O2/c1-10(2)14-5-9(6-15-10)13-8-3-11-7-12-4-8/h3-4,7,9,13H,5-6H2,1-2H3. The number of rotatable bonds is 2. The molecule has 1 aromatic rings. The summed E-state index contributed by atoms with van der Waals surface area (Å²) < 4.78 is 11.0. The lowest BCUT2D eigenvalue weighted by Crippen LogP contribution is -2.45. The molecule has 1 fully saturated rings. The van der Waals surface area contributed by atoms with Crippen molar-refractivity contribution in [2.45, 2.75) is 25.7 Å². The highest BCUT2D eigenvalue weighted by Gasteiger charge is 2.28. The third kappa shape index (κ3) is 2.87. The minimum absolute atomic E-state index is 0.157. The van der Waals surface area contributed by atoms with Gasteiger partial charge in [0.1, 0.15) is 6.33 Å². The van der Waals surface area contributed by atoms with Crippen molar-refractivity contribution in [3.8, 4) is 0 Å². The van der Waals surface area contributed by atoms with E-state index in [9.17, 15) is 0 Å². The molecule has 0 amide bonds. The van der Waals surface area contributed by atoms with Gasteiger partial charge in [0.25, 0.3) is 0 Å². The van der Waals surface area contributed by atoms with Crippen molar-refractivity contribution in [1.29, 1.82) is 0 Å². The molecule has 0 aliphatic carbocycles. The predicted octanol–water partition coefficient (Wildman–Crippen LogP) is 1.04. The van der Waals surface area contributed by atoms with Crippen molar-refractivity contribution in [3.05, 3.63) is 18.7 Å². The van der Waals surface area contributed by atoms with Crippen LogP contribution >= 0.6 is 0 Å². The van der Waals surface area contributed by atoms with Crippen molar-refractivity contribution < 1.29 is 9.47 Å². The lowest BCUT2D eigenvalue weighted by atomic mass is 10.2. The van der Waals surface area contributed by atoms with Gasteiger partial charge < -0.3 is 14.8 Å². The maximum Gasteiger partial charge on any atom is 0.162 e. The molecule has 0 saturated carbocycles. The van der Waals surface area contributed by atoms with E-state index in [2.05, 4.69) is 15.3 Å². The van der Waals surface area contributed by atoms with Gasteiger partial charge in [-0.3, -0.25) is 0 Å². The predicted molar refractivity (Wildman–Crippen MR) is 55.4 cm³/mol. The van der Waals surface area contributed by atoms with E-state index in [0.29, 0.717) is 13.2 Å². The summed E-state index contributed by atoms with van der Waals surface area (Å²) in [5.41, 5.74) is 0.884. The smallest absolute Gasteiger partial charge is 0.162 e. The number of ether oxygens (including phenoxy) is 2. The van der Waals surface area contributed by atoms with E-state index < -0.39 is 5.79 Å². The van der Waals surface area contributed by atoms with Crippen molar-refractivity contribution in [2.24, 2.45) is 0 Å². The average molecular weight is 209 g/mol. The number of nitrogens with zero attached hydrogens (tertiary/aromatic N) is 2. The van der Waals surface area contributed by atoms with Gasteiger partial charge in [-0.05, 0) is 13.8 Å². The largest absolute Gasteiger partial charge is 0.375 e. The van der Waals surface area contributed by atoms with Gasteiger partial charge in [0.05, 0.1) is 37.3 Å². The van der Waals surface area contributed by atoms with Crippen LogP contribution in [0.3, 0.4) is 0 Å². The van der Waals surface area contributed by atoms with E-state index in [1.54, 1.807) is 12.4 Å². The molecular formula is C10H15N3O2. The number of hydrogen-bond donors (Lipinski definition) is 1. The van der Waals surface area contributed by atoms with Crippen LogP contribution in [0.1, 0.15) is 13.8 Å². The van der Waals surface area contributed by atoms with Crippen LogP contribution < -0.4 is 5.32 Å². The zero-order valence-electron chi connectivity index (χ0n) is 8.93. The summed E-state index contributed by atoms with van der Waals surface area (Å²) in [5, 5.41) is 3.24. The van der Waals surface area contributed by atoms with E-state index in [1.165, 1.54) is 6.33 Å². The van der Waals surface area contributed by atoms with Crippen molar-refractivity contribution >= 4 is 5.69 Å². The van der Waals surface area contributed by atoms with Crippen LogP contribution in [0, 0.1) is 0 Å². The summed E-state index contributed by atoms with van der Waals surface area (Å²) in [4.78, 5) is 7.85. The molecular weight excluding hydrogens is 194 g/mol. The second-order valence-electron chi connectivity index (χ2n) is 3.99. The summed E-state index contributed by atoms with van der Waals surface area (Å²) in [7, 11) is 0. The molecule has 5 nitrogen and oxygen atoms in total. The third-order valence-electron chi connectivity index (χ3n) is 2.20. The first kappa shape index (κ1) is 10.3. The van der Waals surface area contributed by atoms with Crippen molar-refractivity contribution in [2.75, 3.05) is 18.5 Å². The lowest BCUT2D eigenvalue weighted by molar-refractivity contribution is -0.247. The second-order valence-corrected chi connectivity index (χ2v) is 3.99. The molecule has 1 N–H and O–H groups in total. The molecule has 1 aliphatic rings. The first-order valence-corrected chi connectivity index (χ1v) is 4.95. The Hall–Kier alpha value is -1.20. The molecule has 1 saturated heterocycles. The summed E-state index contributed by atoms with van der Waals surface area (Å²) in [6.45, 7) is 5.08. The van der Waals surface area contributed by atoms with Gasteiger partial charge in [0.15, 0.2) is 5.79 Å². The normalized spacial score (nSPS) is 21.2. The van der Waals surface area contributed by atoms with Gasteiger partial charge in [0, 0.05) is 0 Å². The Morgan fingerprint density at radius 2 is 1.87 bits per heavy atom.